The van der Waals surface area contributed by atoms with E-state index in [0.29, 0.717) is 6.42 Å². The molecule has 0 unspecified atom stereocenters. The van der Waals surface area contributed by atoms with Gasteiger partial charge in [0.05, 0.1) is 11.9 Å². The van der Waals surface area contributed by atoms with E-state index >= 15 is 0 Å². The van der Waals surface area contributed by atoms with Crippen LogP contribution in [0, 0.1) is 0 Å². The summed E-state index contributed by atoms with van der Waals surface area (Å²) in [6, 6.07) is 14.1. The molecular formula is C17H21N3O. The van der Waals surface area contributed by atoms with Crippen molar-refractivity contribution < 1.29 is 4.79 Å². The maximum Gasteiger partial charge on any atom is 0.224 e. The molecule has 1 heterocycles. The number of pyridine rings is 1. The quantitative estimate of drug-likeness (QED) is 0.883. The van der Waals surface area contributed by atoms with E-state index in [2.05, 4.69) is 27.3 Å². The normalized spacial score (nSPS) is 10.2. The van der Waals surface area contributed by atoms with E-state index in [1.165, 1.54) is 5.56 Å². The van der Waals surface area contributed by atoms with Crippen molar-refractivity contribution in [3.05, 3.63) is 54.2 Å². The Bertz CT molecular complexity index is 566. The van der Waals surface area contributed by atoms with Gasteiger partial charge in [0.2, 0.25) is 5.91 Å². The largest absolute Gasteiger partial charge is 0.355 e. The fourth-order valence-corrected chi connectivity index (χ4v) is 2.07. The van der Waals surface area contributed by atoms with Crippen molar-refractivity contribution in [3.63, 3.8) is 0 Å². The van der Waals surface area contributed by atoms with Gasteiger partial charge in [-0.2, -0.15) is 0 Å². The minimum Gasteiger partial charge on any atom is -0.355 e. The second-order valence-corrected chi connectivity index (χ2v) is 5.04. The summed E-state index contributed by atoms with van der Waals surface area (Å²) >= 11 is 0. The number of hydrogen-bond donors (Lipinski definition) is 1. The average molecular weight is 283 g/mol. The Morgan fingerprint density at radius 2 is 1.95 bits per heavy atom. The molecule has 0 saturated carbocycles. The zero-order valence-corrected chi connectivity index (χ0v) is 12.5. The monoisotopic (exact) mass is 283 g/mol. The topological polar surface area (TPSA) is 45.2 Å². The summed E-state index contributed by atoms with van der Waals surface area (Å²) in [5.74, 6) is 0.914. The van der Waals surface area contributed by atoms with Gasteiger partial charge in [0, 0.05) is 20.0 Å². The van der Waals surface area contributed by atoms with Gasteiger partial charge in [-0.15, -0.1) is 0 Å². The average Bonchev–Trinajstić information content (AvgIpc) is 2.49. The van der Waals surface area contributed by atoms with Crippen molar-refractivity contribution in [2.45, 2.75) is 26.3 Å². The molecule has 0 aliphatic carbocycles. The van der Waals surface area contributed by atoms with Crippen LogP contribution in [0.15, 0.2) is 48.7 Å². The number of rotatable bonds is 6. The van der Waals surface area contributed by atoms with Crippen molar-refractivity contribution in [1.29, 1.82) is 0 Å². The molecule has 4 nitrogen and oxygen atoms in total. The summed E-state index contributed by atoms with van der Waals surface area (Å²) in [4.78, 5) is 18.0. The molecule has 2 rings (SSSR count). The fraction of sp³-hybridized carbons (Fsp3) is 0.294. The summed E-state index contributed by atoms with van der Waals surface area (Å²) in [5, 5.41) is 2.84. The van der Waals surface area contributed by atoms with E-state index in [9.17, 15) is 4.79 Å². The first kappa shape index (κ1) is 15.0. The van der Waals surface area contributed by atoms with Crippen LogP contribution in [0.25, 0.3) is 0 Å². The van der Waals surface area contributed by atoms with Crippen molar-refractivity contribution in [3.8, 4) is 0 Å². The third-order valence-corrected chi connectivity index (χ3v) is 3.16. The van der Waals surface area contributed by atoms with Crippen LogP contribution >= 0.6 is 0 Å². The van der Waals surface area contributed by atoms with Crippen LogP contribution in [0.5, 0.6) is 0 Å². The molecule has 0 fully saturated rings. The third-order valence-electron chi connectivity index (χ3n) is 3.16. The minimum absolute atomic E-state index is 0.0321. The van der Waals surface area contributed by atoms with Crippen LogP contribution in [0.4, 0.5) is 11.5 Å². The second-order valence-electron chi connectivity index (χ2n) is 5.04. The summed E-state index contributed by atoms with van der Waals surface area (Å²) in [6.45, 7) is 2.79. The van der Waals surface area contributed by atoms with Crippen LogP contribution in [0.1, 0.15) is 25.3 Å². The van der Waals surface area contributed by atoms with E-state index in [4.69, 9.17) is 0 Å². The Labute approximate surface area is 125 Å². The van der Waals surface area contributed by atoms with E-state index in [-0.39, 0.29) is 5.91 Å². The predicted molar refractivity (Wildman–Crippen MR) is 86.3 cm³/mol. The molecule has 0 bridgehead atoms. The van der Waals surface area contributed by atoms with E-state index < -0.39 is 0 Å². The van der Waals surface area contributed by atoms with Gasteiger partial charge < -0.3 is 10.2 Å². The SMILES string of the molecule is CCCC(=O)Nc1ccc(N(C)Cc2ccccc2)nc1. The molecule has 21 heavy (non-hydrogen) atoms. The summed E-state index contributed by atoms with van der Waals surface area (Å²) in [7, 11) is 2.00. The maximum atomic E-state index is 11.5. The Morgan fingerprint density at radius 1 is 1.19 bits per heavy atom. The van der Waals surface area contributed by atoms with E-state index in [1.807, 2.05) is 44.3 Å². The van der Waals surface area contributed by atoms with Crippen LogP contribution < -0.4 is 10.2 Å². The Balaban J connectivity index is 1.96. The van der Waals surface area contributed by atoms with E-state index in [1.54, 1.807) is 6.20 Å². The maximum absolute atomic E-state index is 11.5. The number of amides is 1. The lowest BCUT2D eigenvalue weighted by Crippen LogP contribution is -2.18. The molecule has 0 aliphatic rings. The fourth-order valence-electron chi connectivity index (χ4n) is 2.07. The first-order chi connectivity index (χ1) is 10.2. The number of nitrogens with one attached hydrogen (secondary N) is 1. The highest BCUT2D eigenvalue weighted by Gasteiger charge is 2.05. The van der Waals surface area contributed by atoms with Crippen LogP contribution in [-0.2, 0) is 11.3 Å². The number of anilines is 2. The van der Waals surface area contributed by atoms with Crippen molar-refractivity contribution >= 4 is 17.4 Å². The molecular weight excluding hydrogens is 262 g/mol. The van der Waals surface area contributed by atoms with Crippen LogP contribution in [-0.4, -0.2) is 17.9 Å². The van der Waals surface area contributed by atoms with Crippen molar-refractivity contribution in [2.75, 3.05) is 17.3 Å². The number of carbonyl (C=O) groups excluding carboxylic acids is 1. The highest BCUT2D eigenvalue weighted by molar-refractivity contribution is 5.90. The molecule has 0 radical (unpaired) electrons. The van der Waals surface area contributed by atoms with Crippen LogP contribution in [0.3, 0.4) is 0 Å². The number of nitrogens with zero attached hydrogens (tertiary/aromatic N) is 2. The van der Waals surface area contributed by atoms with E-state index in [0.717, 1.165) is 24.5 Å². The molecule has 110 valence electrons. The third kappa shape index (κ3) is 4.60. The molecule has 0 spiro atoms. The number of hydrogen-bond acceptors (Lipinski definition) is 3. The second kappa shape index (κ2) is 7.43. The Morgan fingerprint density at radius 3 is 2.57 bits per heavy atom. The molecule has 1 aromatic carbocycles. The van der Waals surface area contributed by atoms with Gasteiger partial charge in [-0.3, -0.25) is 4.79 Å². The lowest BCUT2D eigenvalue weighted by atomic mass is 10.2. The number of carbonyl (C=O) groups is 1. The first-order valence-corrected chi connectivity index (χ1v) is 7.20. The van der Waals surface area contributed by atoms with Crippen LogP contribution in [0.2, 0.25) is 0 Å². The Kier molecular flexibility index (Phi) is 5.32. The van der Waals surface area contributed by atoms with Gasteiger partial charge >= 0.3 is 0 Å². The molecule has 1 aromatic heterocycles. The predicted octanol–water partition coefficient (Wildman–Crippen LogP) is 3.46. The van der Waals surface area contributed by atoms with Gasteiger partial charge in [0.15, 0.2) is 0 Å². The summed E-state index contributed by atoms with van der Waals surface area (Å²) in [5.41, 5.74) is 1.98. The number of aromatic nitrogens is 1. The summed E-state index contributed by atoms with van der Waals surface area (Å²) in [6.07, 6.45) is 3.08. The zero-order chi connectivity index (χ0) is 15.1. The molecule has 1 amide bonds. The molecule has 0 saturated heterocycles. The smallest absolute Gasteiger partial charge is 0.224 e. The molecule has 2 aromatic rings. The van der Waals surface area contributed by atoms with Gasteiger partial charge in [-0.05, 0) is 24.1 Å². The van der Waals surface area contributed by atoms with Gasteiger partial charge in [-0.25, -0.2) is 4.98 Å². The molecule has 1 N–H and O–H groups in total. The minimum atomic E-state index is 0.0321. The van der Waals surface area contributed by atoms with Crippen molar-refractivity contribution in [1.82, 2.24) is 4.98 Å². The van der Waals surface area contributed by atoms with Gasteiger partial charge in [0.25, 0.3) is 0 Å². The summed E-state index contributed by atoms with van der Waals surface area (Å²) < 4.78 is 0. The zero-order valence-electron chi connectivity index (χ0n) is 12.5. The lowest BCUT2D eigenvalue weighted by molar-refractivity contribution is -0.116. The Hall–Kier alpha value is -2.36. The number of benzene rings is 1. The van der Waals surface area contributed by atoms with Gasteiger partial charge in [0.1, 0.15) is 5.82 Å². The first-order valence-electron chi connectivity index (χ1n) is 7.20. The highest BCUT2D eigenvalue weighted by Crippen LogP contribution is 2.15. The molecule has 4 heteroatoms. The van der Waals surface area contributed by atoms with Crippen molar-refractivity contribution in [2.24, 2.45) is 0 Å². The standard InChI is InChI=1S/C17H21N3O/c1-3-7-17(21)19-15-10-11-16(18-12-15)20(2)13-14-8-5-4-6-9-14/h4-6,8-12H,3,7,13H2,1-2H3,(H,19,21). The van der Waals surface area contributed by atoms with Gasteiger partial charge in [-0.1, -0.05) is 37.3 Å². The highest BCUT2D eigenvalue weighted by atomic mass is 16.1. The molecule has 0 atom stereocenters. The molecule has 0 aliphatic heterocycles. The lowest BCUT2D eigenvalue weighted by Gasteiger charge is -2.18.